The zero-order chi connectivity index (χ0) is 17.8. The van der Waals surface area contributed by atoms with E-state index in [0.717, 1.165) is 32.1 Å². The van der Waals surface area contributed by atoms with Crippen LogP contribution < -0.4 is 0 Å². The number of allylic oxidation sites excluding steroid dienone is 2. The molecule has 2 aliphatic rings. The summed E-state index contributed by atoms with van der Waals surface area (Å²) < 4.78 is 50.2. The van der Waals surface area contributed by atoms with Crippen molar-refractivity contribution in [2.45, 2.75) is 83.3 Å². The van der Waals surface area contributed by atoms with Crippen LogP contribution in [0.5, 0.6) is 0 Å². The summed E-state index contributed by atoms with van der Waals surface area (Å²) in [6.07, 6.45) is 10.6. The summed E-state index contributed by atoms with van der Waals surface area (Å²) in [6.45, 7) is 3.96. The van der Waals surface area contributed by atoms with Crippen molar-refractivity contribution in [3.05, 3.63) is 11.6 Å². The summed E-state index contributed by atoms with van der Waals surface area (Å²) in [5.74, 6) is 0.813. The Bertz CT molecular complexity index is 647. The normalized spacial score (nSPS) is 29.2. The quantitative estimate of drug-likeness (QED) is 0.379. The van der Waals surface area contributed by atoms with Crippen LogP contribution in [0.15, 0.2) is 11.6 Å². The Hall–Kier alpha value is -0.360. The van der Waals surface area contributed by atoms with Crippen LogP contribution in [0.3, 0.4) is 0 Å². The molecular weight excluding hydrogens is 344 g/mol. The number of hydrogen-bond acceptors (Lipinski definition) is 4. The number of fused-ring (bicyclic) bond motifs is 1. The summed E-state index contributed by atoms with van der Waals surface area (Å²) in [6, 6.07) is 0. The molecule has 3 atom stereocenters. The molecule has 2 rings (SSSR count). The Labute approximate surface area is 147 Å². The summed E-state index contributed by atoms with van der Waals surface area (Å²) in [4.78, 5) is 0. The molecule has 0 heterocycles. The summed E-state index contributed by atoms with van der Waals surface area (Å²) in [5, 5.41) is -0.667. The Morgan fingerprint density at radius 2 is 1.62 bits per heavy atom. The molecule has 0 spiro atoms. The average Bonchev–Trinajstić information content (AvgIpc) is 2.57. The fourth-order valence-corrected chi connectivity index (χ4v) is 9.17. The molecule has 2 saturated carbocycles. The van der Waals surface area contributed by atoms with Crippen LogP contribution in [0.25, 0.3) is 0 Å². The van der Waals surface area contributed by atoms with Crippen LogP contribution >= 0.6 is 0 Å². The van der Waals surface area contributed by atoms with Gasteiger partial charge < -0.3 is 0 Å². The molecule has 0 radical (unpaired) electrons. The largest absolute Gasteiger partial charge is 0.256 e. The first-order chi connectivity index (χ1) is 11.3. The van der Waals surface area contributed by atoms with Gasteiger partial charge in [0.25, 0.3) is 17.7 Å². The first kappa shape index (κ1) is 20.0. The molecule has 0 aromatic rings. The molecule has 0 amide bonds. The van der Waals surface area contributed by atoms with Gasteiger partial charge in [-0.25, -0.2) is 16.8 Å². The highest BCUT2D eigenvalue weighted by Crippen LogP contribution is 2.43. The third kappa shape index (κ3) is 4.63. The molecule has 0 bridgehead atoms. The maximum atomic E-state index is 12.7. The third-order valence-corrected chi connectivity index (χ3v) is 12.1. The molecule has 2 aliphatic carbocycles. The SMILES string of the molecule is C/C=C(\C)CCCCS(=O)(=O)S(=O)(=O)C1CCC2CCCCC2C1. The van der Waals surface area contributed by atoms with Crippen molar-refractivity contribution in [2.75, 3.05) is 5.75 Å². The van der Waals surface area contributed by atoms with E-state index in [0.29, 0.717) is 31.1 Å². The molecule has 24 heavy (non-hydrogen) atoms. The van der Waals surface area contributed by atoms with Gasteiger partial charge in [0.05, 0.1) is 11.0 Å². The van der Waals surface area contributed by atoms with Crippen LogP contribution in [0, 0.1) is 11.8 Å². The topological polar surface area (TPSA) is 68.3 Å². The van der Waals surface area contributed by atoms with E-state index in [1.165, 1.54) is 18.4 Å². The number of rotatable bonds is 7. The maximum absolute atomic E-state index is 12.7. The predicted octanol–water partition coefficient (Wildman–Crippen LogP) is 4.23. The second kappa shape index (κ2) is 8.35. The first-order valence-electron chi connectivity index (χ1n) is 9.36. The molecule has 0 aliphatic heterocycles. The Morgan fingerprint density at radius 1 is 0.958 bits per heavy atom. The van der Waals surface area contributed by atoms with E-state index >= 15 is 0 Å². The van der Waals surface area contributed by atoms with Gasteiger partial charge >= 0.3 is 0 Å². The molecule has 140 valence electrons. The van der Waals surface area contributed by atoms with Crippen molar-refractivity contribution in [1.29, 1.82) is 0 Å². The molecule has 0 N–H and O–H groups in total. The lowest BCUT2D eigenvalue weighted by atomic mass is 9.71. The lowest BCUT2D eigenvalue weighted by molar-refractivity contribution is 0.173. The van der Waals surface area contributed by atoms with Crippen molar-refractivity contribution >= 4 is 17.7 Å². The van der Waals surface area contributed by atoms with Crippen LogP contribution in [0.4, 0.5) is 0 Å². The van der Waals surface area contributed by atoms with Gasteiger partial charge in [-0.2, -0.15) is 0 Å². The summed E-state index contributed by atoms with van der Waals surface area (Å²) >= 11 is 0. The fourth-order valence-electron chi connectivity index (χ4n) is 4.24. The van der Waals surface area contributed by atoms with Gasteiger partial charge in [-0.05, 0) is 64.2 Å². The van der Waals surface area contributed by atoms with Gasteiger partial charge in [0, 0.05) is 0 Å². The van der Waals surface area contributed by atoms with Crippen LogP contribution in [-0.2, 0) is 17.7 Å². The zero-order valence-electron chi connectivity index (χ0n) is 15.0. The van der Waals surface area contributed by atoms with Crippen molar-refractivity contribution in [1.82, 2.24) is 0 Å². The van der Waals surface area contributed by atoms with Crippen molar-refractivity contribution in [2.24, 2.45) is 11.8 Å². The molecule has 6 heteroatoms. The number of unbranched alkanes of at least 4 members (excludes halogenated alkanes) is 1. The van der Waals surface area contributed by atoms with Gasteiger partial charge in [0.2, 0.25) is 0 Å². The molecule has 0 aromatic heterocycles. The van der Waals surface area contributed by atoms with Gasteiger partial charge in [0.1, 0.15) is 0 Å². The third-order valence-electron chi connectivity index (χ3n) is 5.96. The van der Waals surface area contributed by atoms with E-state index in [1.807, 2.05) is 19.9 Å². The molecule has 0 saturated heterocycles. The molecular formula is C18H32O4S2. The highest BCUT2D eigenvalue weighted by molar-refractivity contribution is 8.67. The van der Waals surface area contributed by atoms with Gasteiger partial charge in [-0.3, -0.25) is 0 Å². The van der Waals surface area contributed by atoms with Crippen LogP contribution in [0.1, 0.15) is 78.1 Å². The van der Waals surface area contributed by atoms with Crippen molar-refractivity contribution in [3.63, 3.8) is 0 Å². The summed E-state index contributed by atoms with van der Waals surface area (Å²) in [7, 11) is -8.11. The van der Waals surface area contributed by atoms with Crippen LogP contribution in [-0.4, -0.2) is 27.8 Å². The summed E-state index contributed by atoms with van der Waals surface area (Å²) in [5.41, 5.74) is 1.21. The highest BCUT2D eigenvalue weighted by Gasteiger charge is 2.43. The van der Waals surface area contributed by atoms with E-state index in [4.69, 9.17) is 0 Å². The number of hydrogen-bond donors (Lipinski definition) is 0. The van der Waals surface area contributed by atoms with Crippen molar-refractivity contribution in [3.8, 4) is 0 Å². The van der Waals surface area contributed by atoms with Crippen LogP contribution in [0.2, 0.25) is 0 Å². The van der Waals surface area contributed by atoms with Crippen molar-refractivity contribution < 1.29 is 16.8 Å². The van der Waals surface area contributed by atoms with E-state index in [1.54, 1.807) is 0 Å². The molecule has 0 aromatic carbocycles. The molecule has 4 nitrogen and oxygen atoms in total. The minimum absolute atomic E-state index is 0.225. The van der Waals surface area contributed by atoms with E-state index < -0.39 is 23.0 Å². The zero-order valence-corrected chi connectivity index (χ0v) is 16.7. The molecule has 2 fully saturated rings. The van der Waals surface area contributed by atoms with E-state index in [2.05, 4.69) is 0 Å². The Balaban J connectivity index is 1.95. The minimum atomic E-state index is -4.06. The smallest absolute Gasteiger partial charge is 0.213 e. The standard InChI is InChI=1S/C18H32O4S2/c1-3-15(2)8-6-7-13-23(19,20)24(21,22)18-12-11-16-9-4-5-10-17(16)14-18/h3,16-18H,4-14H2,1-2H3/b15-3+. The fraction of sp³-hybridized carbons (Fsp3) is 0.889. The monoisotopic (exact) mass is 376 g/mol. The minimum Gasteiger partial charge on any atom is -0.213 e. The maximum Gasteiger partial charge on any atom is 0.256 e. The predicted molar refractivity (Wildman–Crippen MR) is 99.1 cm³/mol. The molecule has 3 unspecified atom stereocenters. The average molecular weight is 377 g/mol. The second-order valence-electron chi connectivity index (χ2n) is 7.59. The van der Waals surface area contributed by atoms with E-state index in [9.17, 15) is 16.8 Å². The van der Waals surface area contributed by atoms with Gasteiger partial charge in [-0.15, -0.1) is 0 Å². The lowest BCUT2D eigenvalue weighted by Crippen LogP contribution is -2.38. The first-order valence-corrected chi connectivity index (χ1v) is 13.1. The van der Waals surface area contributed by atoms with Gasteiger partial charge in [0.15, 0.2) is 0 Å². The lowest BCUT2D eigenvalue weighted by Gasteiger charge is -2.38. The Kier molecular flexibility index (Phi) is 6.94. The van der Waals surface area contributed by atoms with Gasteiger partial charge in [-0.1, -0.05) is 37.3 Å². The second-order valence-corrected chi connectivity index (χ2v) is 13.7. The highest BCUT2D eigenvalue weighted by atomic mass is 33.2. The Morgan fingerprint density at radius 3 is 2.29 bits per heavy atom. The van der Waals surface area contributed by atoms with E-state index in [-0.39, 0.29) is 5.75 Å².